The Labute approximate surface area is 175 Å². The van der Waals surface area contributed by atoms with Gasteiger partial charge in [-0.15, -0.1) is 0 Å². The summed E-state index contributed by atoms with van der Waals surface area (Å²) in [7, 11) is 0. The molecule has 0 aromatic heterocycles. The molecule has 0 radical (unpaired) electrons. The minimum atomic E-state index is -0.582. The largest absolute Gasteiger partial charge is 0.399 e. The van der Waals surface area contributed by atoms with Crippen LogP contribution in [-0.4, -0.2) is 35.2 Å². The number of anilines is 1. The number of hydrogen-bond acceptors (Lipinski definition) is 5. The molecule has 7 heteroatoms. The van der Waals surface area contributed by atoms with Crippen LogP contribution in [0.4, 0.5) is 5.69 Å². The van der Waals surface area contributed by atoms with Crippen molar-refractivity contribution in [3.8, 4) is 0 Å². The van der Waals surface area contributed by atoms with E-state index in [1.54, 1.807) is 4.90 Å². The summed E-state index contributed by atoms with van der Waals surface area (Å²) in [5.74, 6) is -0.792. The summed E-state index contributed by atoms with van der Waals surface area (Å²) in [6.45, 7) is 1.92. The summed E-state index contributed by atoms with van der Waals surface area (Å²) in [6.07, 6.45) is 2.58. The second kappa shape index (κ2) is 8.67. The van der Waals surface area contributed by atoms with Crippen LogP contribution in [0.15, 0.2) is 42.5 Å². The van der Waals surface area contributed by atoms with Crippen molar-refractivity contribution in [2.75, 3.05) is 12.3 Å². The first-order valence-electron chi connectivity index (χ1n) is 10.3. The van der Waals surface area contributed by atoms with Gasteiger partial charge in [-0.1, -0.05) is 24.3 Å². The maximum absolute atomic E-state index is 12.9. The minimum Gasteiger partial charge on any atom is -0.399 e. The summed E-state index contributed by atoms with van der Waals surface area (Å²) >= 11 is 0. The number of rotatable bonds is 7. The van der Waals surface area contributed by atoms with E-state index < -0.39 is 6.04 Å². The molecule has 2 aliphatic heterocycles. The quantitative estimate of drug-likeness (QED) is 0.369. The second-order valence-corrected chi connectivity index (χ2v) is 7.87. The van der Waals surface area contributed by atoms with Crippen molar-refractivity contribution < 1.29 is 14.4 Å². The Kier molecular flexibility index (Phi) is 5.81. The molecule has 1 fully saturated rings. The van der Waals surface area contributed by atoms with Gasteiger partial charge in [0.25, 0.3) is 5.91 Å². The number of carbonyl (C=O) groups excluding carboxylic acids is 3. The van der Waals surface area contributed by atoms with E-state index >= 15 is 0 Å². The zero-order valence-corrected chi connectivity index (χ0v) is 16.8. The van der Waals surface area contributed by atoms with Crippen molar-refractivity contribution in [3.63, 3.8) is 0 Å². The topological polar surface area (TPSA) is 105 Å². The molecule has 2 aromatic rings. The number of nitrogen functional groups attached to an aromatic ring is 1. The van der Waals surface area contributed by atoms with Gasteiger partial charge in [0.2, 0.25) is 11.8 Å². The molecule has 156 valence electrons. The van der Waals surface area contributed by atoms with Gasteiger partial charge >= 0.3 is 0 Å². The molecule has 2 heterocycles. The fraction of sp³-hybridized carbons (Fsp3) is 0.348. The van der Waals surface area contributed by atoms with Crippen molar-refractivity contribution in [2.45, 2.75) is 44.8 Å². The van der Waals surface area contributed by atoms with Crippen molar-refractivity contribution in [2.24, 2.45) is 0 Å². The van der Waals surface area contributed by atoms with Gasteiger partial charge in [0, 0.05) is 30.8 Å². The van der Waals surface area contributed by atoms with Gasteiger partial charge in [-0.05, 0) is 60.7 Å². The van der Waals surface area contributed by atoms with Crippen molar-refractivity contribution in [1.29, 1.82) is 0 Å². The SMILES string of the molecule is Nc1cccc(CCCNCc2cccc3c2CN(C2CCC(=O)NC2=O)C3=O)c1. The highest BCUT2D eigenvalue weighted by Gasteiger charge is 2.39. The molecule has 0 aliphatic carbocycles. The third-order valence-electron chi connectivity index (χ3n) is 5.76. The average molecular weight is 406 g/mol. The third-order valence-corrected chi connectivity index (χ3v) is 5.76. The van der Waals surface area contributed by atoms with Crippen LogP contribution in [0.2, 0.25) is 0 Å². The fourth-order valence-corrected chi connectivity index (χ4v) is 4.20. The predicted octanol–water partition coefficient (Wildman–Crippen LogP) is 1.75. The van der Waals surface area contributed by atoms with Crippen molar-refractivity contribution >= 4 is 23.4 Å². The molecular formula is C23H26N4O3. The Hall–Kier alpha value is -3.19. The second-order valence-electron chi connectivity index (χ2n) is 7.87. The molecule has 3 amide bonds. The molecule has 1 saturated heterocycles. The van der Waals surface area contributed by atoms with E-state index in [0.717, 1.165) is 36.2 Å². The third kappa shape index (κ3) is 4.21. The molecule has 30 heavy (non-hydrogen) atoms. The van der Waals surface area contributed by atoms with Crippen LogP contribution in [0.3, 0.4) is 0 Å². The maximum atomic E-state index is 12.9. The van der Waals surface area contributed by atoms with Crippen molar-refractivity contribution in [3.05, 3.63) is 64.7 Å². The standard InChI is InChI=1S/C23H26N4O3/c24-17-7-1-4-15(12-17)5-3-11-25-13-16-6-2-8-18-19(16)14-27(23(18)30)20-9-10-21(28)26-22(20)29/h1-2,4,6-8,12,20,25H,3,5,9-11,13-14,24H2,(H,26,28,29). The lowest BCUT2D eigenvalue weighted by molar-refractivity contribution is -0.136. The van der Waals surface area contributed by atoms with Gasteiger partial charge in [-0.3, -0.25) is 19.7 Å². The first-order chi connectivity index (χ1) is 14.5. The Morgan fingerprint density at radius 2 is 1.97 bits per heavy atom. The molecule has 4 N–H and O–H groups in total. The number of imide groups is 1. The Bertz CT molecular complexity index is 988. The molecule has 1 atom stereocenters. The van der Waals surface area contributed by atoms with Crippen LogP contribution in [0.5, 0.6) is 0 Å². The number of piperidine rings is 1. The molecule has 2 aromatic carbocycles. The van der Waals surface area contributed by atoms with Gasteiger partial charge in [0.1, 0.15) is 6.04 Å². The zero-order chi connectivity index (χ0) is 21.1. The van der Waals surface area contributed by atoms with Gasteiger partial charge in [0.05, 0.1) is 0 Å². The summed E-state index contributed by atoms with van der Waals surface area (Å²) in [5, 5.41) is 5.80. The van der Waals surface area contributed by atoms with Crippen LogP contribution in [-0.2, 0) is 29.1 Å². The molecule has 2 aliphatic rings. The maximum Gasteiger partial charge on any atom is 0.255 e. The lowest BCUT2D eigenvalue weighted by Gasteiger charge is -2.29. The smallest absolute Gasteiger partial charge is 0.255 e. The lowest BCUT2D eigenvalue weighted by Crippen LogP contribution is -2.52. The number of nitrogens with zero attached hydrogens (tertiary/aromatic N) is 1. The fourth-order valence-electron chi connectivity index (χ4n) is 4.20. The van der Waals surface area contributed by atoms with Gasteiger partial charge in [-0.2, -0.15) is 0 Å². The number of nitrogens with two attached hydrogens (primary N) is 1. The van der Waals surface area contributed by atoms with Crippen LogP contribution in [0.25, 0.3) is 0 Å². The number of benzene rings is 2. The summed E-state index contributed by atoms with van der Waals surface area (Å²) < 4.78 is 0. The van der Waals surface area contributed by atoms with E-state index in [1.807, 2.05) is 36.4 Å². The molecule has 7 nitrogen and oxygen atoms in total. The van der Waals surface area contributed by atoms with E-state index in [1.165, 1.54) is 5.56 Å². The number of nitrogens with one attached hydrogen (secondary N) is 2. The highest BCUT2D eigenvalue weighted by atomic mass is 16.2. The number of fused-ring (bicyclic) bond motifs is 1. The van der Waals surface area contributed by atoms with E-state index in [9.17, 15) is 14.4 Å². The van der Waals surface area contributed by atoms with Crippen LogP contribution in [0.1, 0.15) is 46.3 Å². The summed E-state index contributed by atoms with van der Waals surface area (Å²) in [5.41, 5.74) is 10.5. The summed E-state index contributed by atoms with van der Waals surface area (Å²) in [4.78, 5) is 38.1. The predicted molar refractivity (Wildman–Crippen MR) is 113 cm³/mol. The molecule has 0 saturated carbocycles. The van der Waals surface area contributed by atoms with Gasteiger partial charge in [0.15, 0.2) is 0 Å². The average Bonchev–Trinajstić information content (AvgIpc) is 3.05. The zero-order valence-electron chi connectivity index (χ0n) is 16.8. The Balaban J connectivity index is 1.34. The summed E-state index contributed by atoms with van der Waals surface area (Å²) in [6, 6.07) is 13.1. The van der Waals surface area contributed by atoms with Gasteiger partial charge < -0.3 is 16.0 Å². The van der Waals surface area contributed by atoms with Crippen LogP contribution < -0.4 is 16.4 Å². The molecule has 4 rings (SSSR count). The van der Waals surface area contributed by atoms with Gasteiger partial charge in [-0.25, -0.2) is 0 Å². The molecule has 1 unspecified atom stereocenters. The molecule has 0 spiro atoms. The highest BCUT2D eigenvalue weighted by molar-refractivity contribution is 6.05. The minimum absolute atomic E-state index is 0.136. The number of amides is 3. The number of carbonyl (C=O) groups is 3. The molecular weight excluding hydrogens is 380 g/mol. The van der Waals surface area contributed by atoms with Crippen molar-refractivity contribution in [1.82, 2.24) is 15.5 Å². The first-order valence-corrected chi connectivity index (χ1v) is 10.3. The van der Waals surface area contributed by atoms with E-state index in [2.05, 4.69) is 16.7 Å². The lowest BCUT2D eigenvalue weighted by atomic mass is 10.0. The Morgan fingerprint density at radius 1 is 1.13 bits per heavy atom. The first kappa shape index (κ1) is 20.1. The Morgan fingerprint density at radius 3 is 2.77 bits per heavy atom. The molecule has 0 bridgehead atoms. The number of aryl methyl sites for hydroxylation is 1. The normalized spacial score (nSPS) is 18.5. The van der Waals surface area contributed by atoms with E-state index in [4.69, 9.17) is 5.73 Å². The number of hydrogen-bond donors (Lipinski definition) is 3. The van der Waals surface area contributed by atoms with Crippen LogP contribution in [0, 0.1) is 0 Å². The van der Waals surface area contributed by atoms with Crippen LogP contribution >= 0.6 is 0 Å². The van der Waals surface area contributed by atoms with E-state index in [-0.39, 0.29) is 24.1 Å². The highest BCUT2D eigenvalue weighted by Crippen LogP contribution is 2.29. The monoisotopic (exact) mass is 406 g/mol. The van der Waals surface area contributed by atoms with E-state index in [0.29, 0.717) is 25.1 Å².